The predicted octanol–water partition coefficient (Wildman–Crippen LogP) is 16.5. The number of carboxylic acid groups (broad SMARTS) is 2. The first-order valence-corrected chi connectivity index (χ1v) is 27.0. The smallest absolute Gasteiger partial charge is 0.416 e. The minimum absolute atomic E-state index is 0. The van der Waals surface area contributed by atoms with Crippen LogP contribution in [0.15, 0.2) is 170 Å². The molecule has 0 heterocycles. The maximum absolute atomic E-state index is 12.9. The number of carboxylic acids is 2. The Morgan fingerprint density at radius 3 is 0.524 bits per heavy atom. The normalized spacial score (nSPS) is 12.2. The Morgan fingerprint density at radius 1 is 0.310 bits per heavy atom. The van der Waals surface area contributed by atoms with Crippen molar-refractivity contribution >= 4 is 59.6 Å². The maximum atomic E-state index is 12.9. The molecule has 0 unspecified atom stereocenters. The van der Waals surface area contributed by atoms with Crippen LogP contribution in [0, 0.1) is 23.8 Å². The van der Waals surface area contributed by atoms with Crippen molar-refractivity contribution in [3.63, 3.8) is 0 Å². The van der Waals surface area contributed by atoms with Crippen molar-refractivity contribution in [1.29, 1.82) is 0 Å². The van der Waals surface area contributed by atoms with Crippen LogP contribution in [0.4, 0.5) is 79.0 Å². The summed E-state index contributed by atoms with van der Waals surface area (Å²) < 4.78 is 232. The zero-order chi connectivity index (χ0) is 63.3. The summed E-state index contributed by atoms with van der Waals surface area (Å²) in [4.78, 5) is 20.0. The Bertz CT molecular complexity index is 2660. The summed E-state index contributed by atoms with van der Waals surface area (Å²) in [6.45, 7) is 12.0. The van der Waals surface area contributed by atoms with Crippen LogP contribution in [0.2, 0.25) is 0 Å². The molecule has 0 aliphatic carbocycles. The van der Waals surface area contributed by atoms with Crippen molar-refractivity contribution in [1.82, 2.24) is 0 Å². The average molecular weight is 1330 g/mol. The number of aryl methyl sites for hydroxylation is 1. The van der Waals surface area contributed by atoms with E-state index in [9.17, 15) is 88.6 Å². The largest absolute Gasteiger partial charge is 0.481 e. The molecule has 0 saturated carbocycles. The first-order chi connectivity index (χ1) is 37.8. The van der Waals surface area contributed by atoms with E-state index in [1.807, 2.05) is 24.3 Å². The van der Waals surface area contributed by atoms with Gasteiger partial charge in [0.15, 0.2) is 0 Å². The van der Waals surface area contributed by atoms with E-state index < -0.39 is 109 Å². The van der Waals surface area contributed by atoms with Crippen molar-refractivity contribution in [2.75, 3.05) is 0 Å². The number of halogens is 18. The predicted molar refractivity (Wildman–Crippen MR) is 287 cm³/mol. The zero-order valence-corrected chi connectivity index (χ0v) is 48.7. The third-order valence-electron chi connectivity index (χ3n) is 11.2. The second-order valence-electron chi connectivity index (χ2n) is 19.9. The quantitative estimate of drug-likeness (QED) is 0.0753. The Hall–Kier alpha value is -6.30. The minimum Gasteiger partial charge on any atom is -0.481 e. The first-order valence-electron chi connectivity index (χ1n) is 24.0. The molecule has 1 radical (unpaired) electrons. The third kappa shape index (κ3) is 23.6. The fourth-order valence-corrected chi connectivity index (χ4v) is 11.4. The molecule has 0 bridgehead atoms. The second-order valence-corrected chi connectivity index (χ2v) is 24.9. The van der Waals surface area contributed by atoms with Gasteiger partial charge in [-0.1, -0.05) is 6.92 Å². The molecule has 25 heteroatoms. The molecule has 4 nitrogen and oxygen atoms in total. The molecule has 0 saturated heterocycles. The van der Waals surface area contributed by atoms with Crippen LogP contribution in [-0.4, -0.2) is 22.2 Å². The van der Waals surface area contributed by atoms with E-state index in [0.29, 0.717) is 31.8 Å². The molecule has 7 aromatic carbocycles. The van der Waals surface area contributed by atoms with Crippen LogP contribution < -0.4 is 31.8 Å². The number of aliphatic carboxylic acids is 2. The summed E-state index contributed by atoms with van der Waals surface area (Å²) in [5.74, 6) is -1.51. The number of hydrogen-bond donors (Lipinski definition) is 2. The Morgan fingerprint density at radius 2 is 0.440 bits per heavy atom. The van der Waals surface area contributed by atoms with E-state index >= 15 is 0 Å². The number of carbonyl (C=O) groups is 2. The van der Waals surface area contributed by atoms with Gasteiger partial charge in [0.25, 0.3) is 0 Å². The molecule has 0 amide bonds. The molecule has 457 valence electrons. The molecular weight excluding hydrogens is 1280 g/mol. The van der Waals surface area contributed by atoms with Gasteiger partial charge in [-0.2, -0.15) is 115 Å². The van der Waals surface area contributed by atoms with Crippen LogP contribution in [-0.2, 0) is 66.1 Å². The van der Waals surface area contributed by atoms with Crippen LogP contribution in [0.1, 0.15) is 80.5 Å². The fraction of sp³-hybridized carbons (Fsp3) is 0.254. The van der Waals surface area contributed by atoms with Gasteiger partial charge in [-0.05, 0) is 187 Å². The fourth-order valence-electron chi connectivity index (χ4n) is 6.43. The summed E-state index contributed by atoms with van der Waals surface area (Å²) in [5, 5.41) is 18.8. The number of alkyl halides is 18. The van der Waals surface area contributed by atoms with Gasteiger partial charge in [0, 0.05) is 19.5 Å². The second kappa shape index (κ2) is 29.7. The SMILES string of the molecule is CC(C)(C)C(=O)O.CC(C)(C)C(=O)O.Cc1cc[c-]cc1.FC(F)(F)c1ccc([PH+](c2ccc(C(F)(F)F)cc2)c2ccc(C(F)(F)F)cc2)cc1.FC(F)(F)c1ccc([PH+](c2ccc(C(F)(F)F)cc2)c2ccc(C(F)(F)F)cc2)cc1.[Rh]. The van der Waals surface area contributed by atoms with E-state index in [1.165, 1.54) is 78.4 Å². The molecule has 2 N–H and O–H groups in total. The molecule has 0 atom stereocenters. The summed E-state index contributed by atoms with van der Waals surface area (Å²) in [7, 11) is -4.33. The van der Waals surface area contributed by atoms with Crippen LogP contribution in [0.5, 0.6) is 0 Å². The Kier molecular flexibility index (Phi) is 26.1. The van der Waals surface area contributed by atoms with Gasteiger partial charge in [-0.25, -0.2) is 0 Å². The Balaban J connectivity index is 0.000000423. The Labute approximate surface area is 487 Å². The minimum atomic E-state index is -4.58. The molecular formula is C59H53F18O4P2Rh+. The van der Waals surface area contributed by atoms with Gasteiger partial charge in [-0.3, -0.25) is 9.59 Å². The van der Waals surface area contributed by atoms with E-state index in [4.69, 9.17) is 10.2 Å². The number of hydrogen-bond acceptors (Lipinski definition) is 2. The first kappa shape index (κ1) is 73.8. The molecule has 0 aliphatic rings. The average Bonchev–Trinajstić information content (AvgIpc) is 3.55. The maximum Gasteiger partial charge on any atom is 0.416 e. The van der Waals surface area contributed by atoms with Crippen LogP contribution in [0.3, 0.4) is 0 Å². The van der Waals surface area contributed by atoms with Crippen molar-refractivity contribution in [3.05, 3.63) is 215 Å². The molecule has 7 aromatic rings. The van der Waals surface area contributed by atoms with Gasteiger partial charge in [-0.15, -0.1) is 0 Å². The number of rotatable bonds is 6. The van der Waals surface area contributed by atoms with Gasteiger partial charge in [0.1, 0.15) is 31.8 Å². The van der Waals surface area contributed by atoms with Gasteiger partial charge in [0.2, 0.25) is 0 Å². The molecule has 0 aliphatic heterocycles. The molecule has 7 rings (SSSR count). The summed E-state index contributed by atoms with van der Waals surface area (Å²) in [5.41, 5.74) is -5.31. The van der Waals surface area contributed by atoms with Crippen molar-refractivity contribution in [2.45, 2.75) is 85.5 Å². The van der Waals surface area contributed by atoms with Gasteiger partial charge < -0.3 is 10.2 Å². The topological polar surface area (TPSA) is 74.6 Å². The van der Waals surface area contributed by atoms with Gasteiger partial charge in [0.05, 0.1) is 60.1 Å². The zero-order valence-electron chi connectivity index (χ0n) is 45.0. The third-order valence-corrected chi connectivity index (χ3v) is 16.6. The molecule has 0 fully saturated rings. The van der Waals surface area contributed by atoms with E-state index in [1.54, 1.807) is 41.5 Å². The van der Waals surface area contributed by atoms with Gasteiger partial charge >= 0.3 is 49.0 Å². The van der Waals surface area contributed by atoms with E-state index in [2.05, 4.69) is 13.0 Å². The monoisotopic (exact) mass is 1330 g/mol. The molecule has 0 aromatic heterocycles. The summed E-state index contributed by atoms with van der Waals surface area (Å²) in [6.07, 6.45) is -27.5. The summed E-state index contributed by atoms with van der Waals surface area (Å²) in [6, 6.07) is 35.3. The molecule has 0 spiro atoms. The van der Waals surface area contributed by atoms with Crippen molar-refractivity contribution in [3.8, 4) is 0 Å². The summed E-state index contributed by atoms with van der Waals surface area (Å²) >= 11 is 0. The van der Waals surface area contributed by atoms with Crippen LogP contribution in [0.25, 0.3) is 0 Å². The standard InChI is InChI=1S/2C21H12F9P.C7H7.2C5H10O2.Rh/c2*22-19(23,24)13-1-7-16(8-2-13)31(17-9-3-14(4-10-17)20(25,26)27)18-11-5-15(6-12-18)21(28,29)30;1-7-5-3-2-4-6-7;2*1-5(2,3)4(6)7;/h2*1-12H;3-6H,1H3;2*1-3H3,(H,6,7);/q;;-1;;;/p+2. The van der Waals surface area contributed by atoms with Crippen LogP contribution >= 0.6 is 15.8 Å². The van der Waals surface area contributed by atoms with Crippen molar-refractivity contribution in [2.24, 2.45) is 10.8 Å². The molecule has 84 heavy (non-hydrogen) atoms. The van der Waals surface area contributed by atoms with E-state index in [0.717, 1.165) is 72.8 Å². The van der Waals surface area contributed by atoms with E-state index in [-0.39, 0.29) is 19.5 Å². The number of benzene rings is 7. The van der Waals surface area contributed by atoms with Crippen molar-refractivity contribution < 1.29 is 118 Å².